The van der Waals surface area contributed by atoms with E-state index in [1.807, 2.05) is 6.07 Å². The molecule has 0 saturated heterocycles. The van der Waals surface area contributed by atoms with Gasteiger partial charge in [-0.3, -0.25) is 0 Å². The highest BCUT2D eigenvalue weighted by Gasteiger charge is 2.21. The zero-order chi connectivity index (χ0) is 19.6. The van der Waals surface area contributed by atoms with Gasteiger partial charge in [0.05, 0.1) is 34.2 Å². The Kier molecular flexibility index (Phi) is 5.22. The summed E-state index contributed by atoms with van der Waals surface area (Å²) in [4.78, 5) is 0.194. The summed E-state index contributed by atoms with van der Waals surface area (Å²) < 4.78 is 31.8. The van der Waals surface area contributed by atoms with Crippen molar-refractivity contribution >= 4 is 21.4 Å². The molecular weight excluding hydrogens is 386 g/mol. The first-order valence-corrected chi connectivity index (χ1v) is 10.1. The number of nitrogens with zero attached hydrogens (tertiary/aromatic N) is 3. The summed E-state index contributed by atoms with van der Waals surface area (Å²) in [6.45, 7) is 1.59. The number of rotatable bonds is 5. The van der Waals surface area contributed by atoms with Crippen LogP contribution in [-0.2, 0) is 9.84 Å². The van der Waals surface area contributed by atoms with E-state index in [9.17, 15) is 13.7 Å². The second-order valence-electron chi connectivity index (χ2n) is 5.66. The van der Waals surface area contributed by atoms with Gasteiger partial charge < -0.3 is 4.74 Å². The number of ether oxygens (including phenoxy) is 1. The highest BCUT2D eigenvalue weighted by atomic mass is 35.5. The van der Waals surface area contributed by atoms with Gasteiger partial charge in [0, 0.05) is 17.7 Å². The number of halogens is 1. The fraction of sp³-hybridized carbons (Fsp3) is 0.158. The second-order valence-corrected chi connectivity index (χ2v) is 8.31. The molecule has 2 aromatic carbocycles. The van der Waals surface area contributed by atoms with Crippen molar-refractivity contribution in [2.24, 2.45) is 0 Å². The Labute approximate surface area is 162 Å². The Bertz CT molecular complexity index is 1150. The van der Waals surface area contributed by atoms with Gasteiger partial charge in [0.25, 0.3) is 0 Å². The first kappa shape index (κ1) is 19.0. The van der Waals surface area contributed by atoms with Crippen LogP contribution in [0.5, 0.6) is 5.75 Å². The highest BCUT2D eigenvalue weighted by molar-refractivity contribution is 7.91. The molecule has 8 heteroatoms. The minimum atomic E-state index is -3.46. The van der Waals surface area contributed by atoms with Crippen molar-refractivity contribution < 1.29 is 13.2 Å². The van der Waals surface area contributed by atoms with Crippen LogP contribution >= 0.6 is 11.6 Å². The van der Waals surface area contributed by atoms with E-state index in [0.29, 0.717) is 27.7 Å². The van der Waals surface area contributed by atoms with Crippen LogP contribution in [0.15, 0.2) is 53.4 Å². The number of hydrogen-bond donors (Lipinski definition) is 0. The van der Waals surface area contributed by atoms with Crippen molar-refractivity contribution in [1.82, 2.24) is 9.78 Å². The van der Waals surface area contributed by atoms with Crippen LogP contribution in [0.25, 0.3) is 16.9 Å². The molecule has 1 heterocycles. The van der Waals surface area contributed by atoms with Crippen molar-refractivity contribution in [3.63, 3.8) is 0 Å². The first-order valence-electron chi connectivity index (χ1n) is 8.07. The highest BCUT2D eigenvalue weighted by Crippen LogP contribution is 2.33. The Morgan fingerprint density at radius 3 is 2.63 bits per heavy atom. The molecule has 0 saturated carbocycles. The van der Waals surface area contributed by atoms with Crippen LogP contribution in [0.2, 0.25) is 5.02 Å². The lowest BCUT2D eigenvalue weighted by Crippen LogP contribution is -2.07. The van der Waals surface area contributed by atoms with E-state index in [4.69, 9.17) is 16.3 Å². The molecule has 3 aromatic rings. The second kappa shape index (κ2) is 7.43. The quantitative estimate of drug-likeness (QED) is 0.647. The van der Waals surface area contributed by atoms with E-state index < -0.39 is 9.84 Å². The molecule has 138 valence electrons. The lowest BCUT2D eigenvalue weighted by molar-refractivity contribution is 0.414. The van der Waals surface area contributed by atoms with Crippen LogP contribution in [-0.4, -0.2) is 31.1 Å². The molecule has 0 atom stereocenters. The molecular formula is C19H16ClN3O3S. The number of sulfone groups is 1. The van der Waals surface area contributed by atoms with Crippen molar-refractivity contribution in [1.29, 1.82) is 5.26 Å². The molecule has 0 radical (unpaired) electrons. The Balaban J connectivity index is 2.29. The van der Waals surface area contributed by atoms with Crippen LogP contribution in [0.4, 0.5) is 0 Å². The minimum absolute atomic E-state index is 0.0297. The predicted octanol–water partition coefficient (Wildman–Crippen LogP) is 3.87. The normalized spacial score (nSPS) is 11.2. The lowest BCUT2D eigenvalue weighted by atomic mass is 10.1. The maximum Gasteiger partial charge on any atom is 0.178 e. The molecule has 1 aromatic heterocycles. The Morgan fingerprint density at radius 2 is 1.96 bits per heavy atom. The van der Waals surface area contributed by atoms with E-state index in [1.54, 1.807) is 55.5 Å². The zero-order valence-electron chi connectivity index (χ0n) is 14.7. The summed E-state index contributed by atoms with van der Waals surface area (Å²) in [7, 11) is -1.96. The average molecular weight is 402 g/mol. The van der Waals surface area contributed by atoms with Gasteiger partial charge in [0.2, 0.25) is 0 Å². The molecule has 6 nitrogen and oxygen atoms in total. The molecule has 0 fully saturated rings. The fourth-order valence-corrected chi connectivity index (χ4v) is 4.01. The summed E-state index contributed by atoms with van der Waals surface area (Å²) in [6, 6.07) is 15.3. The van der Waals surface area contributed by atoms with Crippen LogP contribution in [0.1, 0.15) is 12.6 Å². The van der Waals surface area contributed by atoms with E-state index >= 15 is 0 Å². The first-order chi connectivity index (χ1) is 12.9. The number of benzene rings is 2. The third-order valence-electron chi connectivity index (χ3n) is 4.08. The smallest absolute Gasteiger partial charge is 0.178 e. The standard InChI is InChI=1S/C19H16ClN3O3S/c1-3-27(24,25)19-7-5-4-6-15(19)17-10-13(12-21)22-23(17)14-8-9-16(20)18(11-14)26-2/h4-11H,3H2,1-2H3. The fourth-order valence-electron chi connectivity index (χ4n) is 2.71. The van der Waals surface area contributed by atoms with Crippen molar-refractivity contribution in [2.75, 3.05) is 12.9 Å². The molecule has 3 rings (SSSR count). The van der Waals surface area contributed by atoms with Gasteiger partial charge in [0.1, 0.15) is 11.8 Å². The topological polar surface area (TPSA) is 85.0 Å². The average Bonchev–Trinajstić information content (AvgIpc) is 3.12. The molecule has 0 bridgehead atoms. The SMILES string of the molecule is CCS(=O)(=O)c1ccccc1-c1cc(C#N)nn1-c1ccc(Cl)c(OC)c1. The number of hydrogen-bond acceptors (Lipinski definition) is 5. The van der Waals surface area contributed by atoms with E-state index in [1.165, 1.54) is 11.8 Å². The molecule has 0 N–H and O–H groups in total. The third-order valence-corrected chi connectivity index (χ3v) is 6.18. The summed E-state index contributed by atoms with van der Waals surface area (Å²) in [6.07, 6.45) is 0. The lowest BCUT2D eigenvalue weighted by Gasteiger charge is -2.13. The van der Waals surface area contributed by atoms with Gasteiger partial charge >= 0.3 is 0 Å². The maximum atomic E-state index is 12.5. The van der Waals surface area contributed by atoms with E-state index in [0.717, 1.165) is 0 Å². The third kappa shape index (κ3) is 3.54. The zero-order valence-corrected chi connectivity index (χ0v) is 16.3. The Morgan fingerprint density at radius 1 is 1.22 bits per heavy atom. The van der Waals surface area contributed by atoms with Gasteiger partial charge in [-0.1, -0.05) is 36.7 Å². The molecule has 0 unspecified atom stereocenters. The van der Waals surface area contributed by atoms with Crippen molar-refractivity contribution in [2.45, 2.75) is 11.8 Å². The van der Waals surface area contributed by atoms with Crippen molar-refractivity contribution in [3.8, 4) is 28.8 Å². The van der Waals surface area contributed by atoms with Gasteiger partial charge in [-0.05, 0) is 18.2 Å². The number of aromatic nitrogens is 2. The van der Waals surface area contributed by atoms with Gasteiger partial charge in [0.15, 0.2) is 15.5 Å². The number of methoxy groups -OCH3 is 1. The Hall–Kier alpha value is -2.82. The maximum absolute atomic E-state index is 12.5. The van der Waals surface area contributed by atoms with E-state index in [2.05, 4.69) is 5.10 Å². The van der Waals surface area contributed by atoms with E-state index in [-0.39, 0.29) is 16.3 Å². The van der Waals surface area contributed by atoms with Gasteiger partial charge in [-0.15, -0.1) is 0 Å². The summed E-state index contributed by atoms with van der Waals surface area (Å²) in [5.41, 5.74) is 1.73. The summed E-state index contributed by atoms with van der Waals surface area (Å²) in [5, 5.41) is 14.0. The van der Waals surface area contributed by atoms with Crippen molar-refractivity contribution in [3.05, 3.63) is 59.2 Å². The van der Waals surface area contributed by atoms with Crippen LogP contribution in [0, 0.1) is 11.3 Å². The summed E-state index contributed by atoms with van der Waals surface area (Å²) >= 11 is 6.09. The van der Waals surface area contributed by atoms with Gasteiger partial charge in [-0.25, -0.2) is 13.1 Å². The van der Waals surface area contributed by atoms with Crippen LogP contribution in [0.3, 0.4) is 0 Å². The molecule has 0 aliphatic heterocycles. The number of nitriles is 1. The predicted molar refractivity (Wildman–Crippen MR) is 103 cm³/mol. The molecule has 0 amide bonds. The minimum Gasteiger partial charge on any atom is -0.495 e. The molecule has 27 heavy (non-hydrogen) atoms. The van der Waals surface area contributed by atoms with Gasteiger partial charge in [-0.2, -0.15) is 10.4 Å². The molecule has 0 spiro atoms. The largest absolute Gasteiger partial charge is 0.495 e. The molecule has 0 aliphatic carbocycles. The summed E-state index contributed by atoms with van der Waals surface area (Å²) in [5.74, 6) is 0.418. The molecule has 0 aliphatic rings. The van der Waals surface area contributed by atoms with Crippen LogP contribution < -0.4 is 4.74 Å². The monoisotopic (exact) mass is 401 g/mol.